The average Bonchev–Trinajstić information content (AvgIpc) is 3.40. The van der Waals surface area contributed by atoms with Crippen LogP contribution in [0, 0.1) is 6.92 Å². The summed E-state index contributed by atoms with van der Waals surface area (Å²) in [6.45, 7) is 4.29. The molecule has 9 nitrogen and oxygen atoms in total. The van der Waals surface area contributed by atoms with Crippen LogP contribution in [-0.2, 0) is 19.6 Å². The van der Waals surface area contributed by atoms with Gasteiger partial charge in [0.2, 0.25) is 5.82 Å². The van der Waals surface area contributed by atoms with Crippen LogP contribution in [0.15, 0.2) is 51.9 Å². The van der Waals surface area contributed by atoms with Crippen molar-refractivity contribution in [1.82, 2.24) is 25.2 Å². The van der Waals surface area contributed by atoms with E-state index >= 15 is 0 Å². The Hall–Kier alpha value is -3.30. The van der Waals surface area contributed by atoms with Crippen LogP contribution in [0.1, 0.15) is 29.1 Å². The maximum absolute atomic E-state index is 12.6. The molecule has 0 fully saturated rings. The van der Waals surface area contributed by atoms with E-state index in [1.165, 1.54) is 0 Å². The smallest absolute Gasteiger partial charge is 0.257 e. The molecule has 4 rings (SSSR count). The minimum Gasteiger partial charge on any atom is -0.467 e. The SMILES string of the molecule is Cc1ccc2[nH]c(=O)c(C[NH+](CCCO)Cc3nnnn3Cc3ccco3)cc2c1. The first-order chi connectivity index (χ1) is 14.6. The van der Waals surface area contributed by atoms with Gasteiger partial charge >= 0.3 is 0 Å². The van der Waals surface area contributed by atoms with E-state index in [1.807, 2.05) is 37.3 Å². The number of aryl methyl sites for hydroxylation is 1. The Balaban J connectivity index is 1.57. The van der Waals surface area contributed by atoms with E-state index in [9.17, 15) is 9.90 Å². The van der Waals surface area contributed by atoms with Crippen LogP contribution in [0.4, 0.5) is 0 Å². The quantitative estimate of drug-likeness (QED) is 0.369. The number of hydrogen-bond donors (Lipinski definition) is 3. The average molecular weight is 409 g/mol. The lowest BCUT2D eigenvalue weighted by molar-refractivity contribution is -0.928. The highest BCUT2D eigenvalue weighted by Gasteiger charge is 2.18. The highest BCUT2D eigenvalue weighted by molar-refractivity contribution is 5.79. The highest BCUT2D eigenvalue weighted by Crippen LogP contribution is 2.13. The van der Waals surface area contributed by atoms with Gasteiger partial charge in [-0.25, -0.2) is 4.68 Å². The van der Waals surface area contributed by atoms with Gasteiger partial charge in [-0.05, 0) is 53.1 Å². The molecule has 1 aromatic carbocycles. The van der Waals surface area contributed by atoms with Crippen molar-refractivity contribution in [2.24, 2.45) is 0 Å². The van der Waals surface area contributed by atoms with Crippen molar-refractivity contribution >= 4 is 10.9 Å². The molecule has 1 unspecified atom stereocenters. The van der Waals surface area contributed by atoms with Crippen LogP contribution in [-0.4, -0.2) is 43.4 Å². The number of aromatic amines is 1. The second kappa shape index (κ2) is 9.02. The van der Waals surface area contributed by atoms with Crippen LogP contribution in [0.3, 0.4) is 0 Å². The van der Waals surface area contributed by atoms with E-state index in [2.05, 4.69) is 26.6 Å². The molecule has 3 heterocycles. The van der Waals surface area contributed by atoms with Gasteiger partial charge in [0.15, 0.2) is 0 Å². The molecule has 0 saturated carbocycles. The standard InChI is InChI=1S/C21H24N6O3/c1-15-5-6-19-16(10-15)11-17(21(29)22-19)12-26(7-3-8-28)14-20-23-24-25-27(20)13-18-4-2-9-30-18/h2,4-6,9-11,28H,3,7-8,12-14H2,1H3,(H,22,29)/p+1. The molecule has 30 heavy (non-hydrogen) atoms. The van der Waals surface area contributed by atoms with Crippen LogP contribution in [0.5, 0.6) is 0 Å². The van der Waals surface area contributed by atoms with Crippen LogP contribution < -0.4 is 10.5 Å². The molecule has 0 bridgehead atoms. The fraction of sp³-hybridized carbons (Fsp3) is 0.333. The number of rotatable bonds is 9. The Kier molecular flexibility index (Phi) is 6.01. The number of hydrogen-bond acceptors (Lipinski definition) is 6. The molecule has 0 radical (unpaired) electrons. The van der Waals surface area contributed by atoms with Crippen LogP contribution >= 0.6 is 0 Å². The van der Waals surface area contributed by atoms with E-state index in [1.54, 1.807) is 10.9 Å². The van der Waals surface area contributed by atoms with Gasteiger partial charge in [0.1, 0.15) is 25.4 Å². The molecule has 3 aromatic heterocycles. The number of pyridine rings is 1. The first-order valence-electron chi connectivity index (χ1n) is 9.97. The third kappa shape index (κ3) is 4.64. The molecule has 9 heteroatoms. The van der Waals surface area contributed by atoms with E-state index < -0.39 is 0 Å². The zero-order chi connectivity index (χ0) is 20.9. The van der Waals surface area contributed by atoms with Gasteiger partial charge in [-0.3, -0.25) is 4.79 Å². The number of benzene rings is 1. The second-order valence-electron chi connectivity index (χ2n) is 7.48. The summed E-state index contributed by atoms with van der Waals surface area (Å²) in [7, 11) is 0. The summed E-state index contributed by atoms with van der Waals surface area (Å²) >= 11 is 0. The summed E-state index contributed by atoms with van der Waals surface area (Å²) in [5.41, 5.74) is 2.57. The van der Waals surface area contributed by atoms with E-state index in [0.29, 0.717) is 44.0 Å². The summed E-state index contributed by atoms with van der Waals surface area (Å²) < 4.78 is 7.09. The molecule has 3 N–H and O–H groups in total. The van der Waals surface area contributed by atoms with Crippen molar-refractivity contribution in [3.8, 4) is 0 Å². The monoisotopic (exact) mass is 409 g/mol. The topological polar surface area (TPSA) is 114 Å². The Morgan fingerprint density at radius 1 is 1.23 bits per heavy atom. The van der Waals surface area contributed by atoms with Gasteiger partial charge < -0.3 is 19.4 Å². The largest absolute Gasteiger partial charge is 0.467 e. The molecule has 0 aliphatic heterocycles. The maximum atomic E-state index is 12.6. The lowest BCUT2D eigenvalue weighted by Crippen LogP contribution is -3.09. The van der Waals surface area contributed by atoms with Gasteiger partial charge in [0.25, 0.3) is 5.56 Å². The number of nitrogens with one attached hydrogen (secondary N) is 2. The number of fused-ring (bicyclic) bond motifs is 1. The van der Waals surface area contributed by atoms with Crippen molar-refractivity contribution in [3.63, 3.8) is 0 Å². The van der Waals surface area contributed by atoms with Gasteiger partial charge in [-0.2, -0.15) is 0 Å². The summed E-state index contributed by atoms with van der Waals surface area (Å²) in [5, 5.41) is 22.4. The molecule has 156 valence electrons. The fourth-order valence-corrected chi connectivity index (χ4v) is 3.59. The van der Waals surface area contributed by atoms with E-state index in [0.717, 1.165) is 27.1 Å². The molecule has 0 spiro atoms. The molecule has 0 aliphatic carbocycles. The van der Waals surface area contributed by atoms with E-state index in [4.69, 9.17) is 4.42 Å². The number of nitrogens with zero attached hydrogens (tertiary/aromatic N) is 4. The number of H-pyrrole nitrogens is 1. The van der Waals surface area contributed by atoms with Crippen LogP contribution in [0.2, 0.25) is 0 Å². The molecule has 0 aliphatic rings. The molecule has 0 saturated heterocycles. The molecular formula is C21H25N6O3+. The Morgan fingerprint density at radius 2 is 2.13 bits per heavy atom. The minimum absolute atomic E-state index is 0.0914. The maximum Gasteiger partial charge on any atom is 0.257 e. The summed E-state index contributed by atoms with van der Waals surface area (Å²) in [6.07, 6.45) is 2.24. The van der Waals surface area contributed by atoms with Crippen molar-refractivity contribution < 1.29 is 14.4 Å². The Morgan fingerprint density at radius 3 is 2.93 bits per heavy atom. The number of tetrazole rings is 1. The summed E-state index contributed by atoms with van der Waals surface area (Å²) in [5.74, 6) is 1.47. The molecule has 1 atom stereocenters. The van der Waals surface area contributed by atoms with Gasteiger partial charge in [0.05, 0.1) is 18.4 Å². The third-order valence-corrected chi connectivity index (χ3v) is 5.11. The number of furan rings is 1. The lowest BCUT2D eigenvalue weighted by Gasteiger charge is -2.18. The Bertz CT molecular complexity index is 1170. The first-order valence-corrected chi connectivity index (χ1v) is 9.97. The highest BCUT2D eigenvalue weighted by atomic mass is 16.3. The normalized spacial score (nSPS) is 12.5. The lowest BCUT2D eigenvalue weighted by atomic mass is 10.1. The summed E-state index contributed by atoms with van der Waals surface area (Å²) in [4.78, 5) is 16.7. The van der Waals surface area contributed by atoms with Crippen molar-refractivity contribution in [2.45, 2.75) is 33.0 Å². The van der Waals surface area contributed by atoms with E-state index in [-0.39, 0.29) is 12.2 Å². The first kappa shape index (κ1) is 20.0. The minimum atomic E-state index is -0.0944. The molecular weight excluding hydrogens is 384 g/mol. The third-order valence-electron chi connectivity index (χ3n) is 5.11. The van der Waals surface area contributed by atoms with Gasteiger partial charge in [-0.15, -0.1) is 5.10 Å². The summed E-state index contributed by atoms with van der Waals surface area (Å²) in [6, 6.07) is 11.6. The second-order valence-corrected chi connectivity index (χ2v) is 7.48. The Labute approximate surface area is 172 Å². The van der Waals surface area contributed by atoms with Crippen molar-refractivity contribution in [1.29, 1.82) is 0 Å². The van der Waals surface area contributed by atoms with Gasteiger partial charge in [-0.1, -0.05) is 11.6 Å². The van der Waals surface area contributed by atoms with Crippen LogP contribution in [0.25, 0.3) is 10.9 Å². The van der Waals surface area contributed by atoms with Crippen molar-refractivity contribution in [3.05, 3.63) is 75.7 Å². The van der Waals surface area contributed by atoms with Crippen molar-refractivity contribution in [2.75, 3.05) is 13.2 Å². The number of aliphatic hydroxyl groups excluding tert-OH is 1. The zero-order valence-electron chi connectivity index (χ0n) is 16.8. The number of quaternary nitrogens is 1. The fourth-order valence-electron chi connectivity index (χ4n) is 3.59. The predicted molar refractivity (Wildman–Crippen MR) is 110 cm³/mol. The number of aliphatic hydroxyl groups is 1. The zero-order valence-corrected chi connectivity index (χ0v) is 16.8. The number of aromatic nitrogens is 5. The predicted octanol–water partition coefficient (Wildman–Crippen LogP) is 0.432. The molecule has 4 aromatic rings. The molecule has 0 amide bonds. The van der Waals surface area contributed by atoms with Gasteiger partial charge in [0, 0.05) is 18.5 Å².